The van der Waals surface area contributed by atoms with Crippen LogP contribution in [0.1, 0.15) is 65.1 Å². The molecule has 1 aromatic heterocycles. The van der Waals surface area contributed by atoms with Gasteiger partial charge in [-0.3, -0.25) is 19.2 Å². The van der Waals surface area contributed by atoms with E-state index in [4.69, 9.17) is 4.42 Å². The second-order valence-corrected chi connectivity index (χ2v) is 10.9. The molecular formula is C27H30O5. The molecule has 168 valence electrons. The molecular weight excluding hydrogens is 404 g/mol. The molecule has 0 spiro atoms. The summed E-state index contributed by atoms with van der Waals surface area (Å²) >= 11 is 0. The smallest absolute Gasteiger partial charge is 0.144 e. The highest BCUT2D eigenvalue weighted by Gasteiger charge is 2.53. The number of furan rings is 1. The van der Waals surface area contributed by atoms with Crippen LogP contribution < -0.4 is 0 Å². The van der Waals surface area contributed by atoms with Crippen LogP contribution in [-0.4, -0.2) is 23.1 Å². The number of Topliss-reactive ketones (excluding diaryl/α,β-unsaturated/α-hetero) is 4. The average molecular weight is 435 g/mol. The Labute approximate surface area is 188 Å². The Morgan fingerprint density at radius 3 is 1.56 bits per heavy atom. The molecule has 0 unspecified atom stereocenters. The highest BCUT2D eigenvalue weighted by Crippen LogP contribution is 2.47. The molecule has 0 radical (unpaired) electrons. The second kappa shape index (κ2) is 7.95. The van der Waals surface area contributed by atoms with Crippen LogP contribution in [0.25, 0.3) is 11.3 Å². The number of ketones is 4. The standard InChI is InChI=1S/C27H30O5/c1-26(2)12-17(28)23(18(29)13-26)25(24-19(30)14-27(3,4)15-20(24)31)22-11-10-21(32-22)16-8-6-5-7-9-16/h5-11,23-25H,12-15H2,1-4H3. The van der Waals surface area contributed by atoms with Gasteiger partial charge in [-0.15, -0.1) is 0 Å². The summed E-state index contributed by atoms with van der Waals surface area (Å²) in [7, 11) is 0. The lowest BCUT2D eigenvalue weighted by atomic mass is 9.60. The summed E-state index contributed by atoms with van der Waals surface area (Å²) in [6.45, 7) is 7.59. The van der Waals surface area contributed by atoms with Crippen molar-refractivity contribution in [3.05, 3.63) is 48.2 Å². The van der Waals surface area contributed by atoms with Crippen molar-refractivity contribution in [3.63, 3.8) is 0 Å². The minimum absolute atomic E-state index is 0.209. The number of rotatable bonds is 4. The third-order valence-corrected chi connectivity index (χ3v) is 6.73. The van der Waals surface area contributed by atoms with Gasteiger partial charge < -0.3 is 4.42 Å². The molecule has 1 aromatic carbocycles. The molecule has 0 saturated heterocycles. The van der Waals surface area contributed by atoms with Gasteiger partial charge >= 0.3 is 0 Å². The van der Waals surface area contributed by atoms with Crippen LogP contribution in [0.15, 0.2) is 46.9 Å². The van der Waals surface area contributed by atoms with Crippen LogP contribution in [-0.2, 0) is 19.2 Å². The van der Waals surface area contributed by atoms with E-state index in [1.165, 1.54) is 0 Å². The molecule has 0 N–H and O–H groups in total. The maximum absolute atomic E-state index is 13.2. The van der Waals surface area contributed by atoms with E-state index in [0.717, 1.165) is 5.56 Å². The molecule has 2 aliphatic rings. The first-order valence-corrected chi connectivity index (χ1v) is 11.2. The number of benzene rings is 1. The molecule has 2 fully saturated rings. The van der Waals surface area contributed by atoms with Crippen molar-refractivity contribution >= 4 is 23.1 Å². The summed E-state index contributed by atoms with van der Waals surface area (Å²) in [6.07, 6.45) is 0.971. The lowest BCUT2D eigenvalue weighted by Crippen LogP contribution is -2.48. The number of carbonyl (C=O) groups is 4. The third kappa shape index (κ3) is 4.25. The third-order valence-electron chi connectivity index (χ3n) is 6.73. The topological polar surface area (TPSA) is 81.4 Å². The van der Waals surface area contributed by atoms with Gasteiger partial charge in [-0.25, -0.2) is 0 Å². The molecule has 5 nitrogen and oxygen atoms in total. The van der Waals surface area contributed by atoms with Crippen molar-refractivity contribution in [2.24, 2.45) is 22.7 Å². The monoisotopic (exact) mass is 434 g/mol. The molecule has 2 aliphatic carbocycles. The van der Waals surface area contributed by atoms with Gasteiger partial charge in [-0.05, 0) is 23.0 Å². The van der Waals surface area contributed by atoms with Crippen molar-refractivity contribution < 1.29 is 23.6 Å². The van der Waals surface area contributed by atoms with Gasteiger partial charge in [0, 0.05) is 31.2 Å². The van der Waals surface area contributed by atoms with Gasteiger partial charge in [0.15, 0.2) is 0 Å². The minimum atomic E-state index is -1.03. The van der Waals surface area contributed by atoms with Gasteiger partial charge in [0.25, 0.3) is 0 Å². The van der Waals surface area contributed by atoms with Crippen LogP contribution in [0.5, 0.6) is 0 Å². The number of hydrogen-bond acceptors (Lipinski definition) is 5. The van der Waals surface area contributed by atoms with E-state index in [2.05, 4.69) is 0 Å². The quantitative estimate of drug-likeness (QED) is 0.620. The normalized spacial score (nSPS) is 22.0. The summed E-state index contributed by atoms with van der Waals surface area (Å²) in [5.74, 6) is -2.84. The molecule has 4 rings (SSSR count). The molecule has 2 saturated carbocycles. The Morgan fingerprint density at radius 2 is 1.12 bits per heavy atom. The Morgan fingerprint density at radius 1 is 0.688 bits per heavy atom. The molecule has 0 aliphatic heterocycles. The fourth-order valence-electron chi connectivity index (χ4n) is 5.42. The van der Waals surface area contributed by atoms with E-state index in [1.54, 1.807) is 12.1 Å². The fraction of sp³-hybridized carbons (Fsp3) is 0.481. The summed E-state index contributed by atoms with van der Waals surface area (Å²) in [5, 5.41) is 0. The number of carbonyl (C=O) groups excluding carboxylic acids is 4. The van der Waals surface area contributed by atoms with E-state index >= 15 is 0 Å². The first-order valence-electron chi connectivity index (χ1n) is 11.2. The zero-order chi connectivity index (χ0) is 23.3. The summed E-state index contributed by atoms with van der Waals surface area (Å²) < 4.78 is 6.13. The zero-order valence-electron chi connectivity index (χ0n) is 19.1. The summed E-state index contributed by atoms with van der Waals surface area (Å²) in [5.41, 5.74) is 0.00844. The molecule has 0 atom stereocenters. The van der Waals surface area contributed by atoms with Gasteiger partial charge in [-0.2, -0.15) is 0 Å². The van der Waals surface area contributed by atoms with E-state index in [9.17, 15) is 19.2 Å². The Bertz CT molecular complexity index is 984. The van der Waals surface area contributed by atoms with Gasteiger partial charge in [0.05, 0.1) is 17.8 Å². The molecule has 32 heavy (non-hydrogen) atoms. The van der Waals surface area contributed by atoms with Gasteiger partial charge in [0.1, 0.15) is 34.7 Å². The predicted molar refractivity (Wildman–Crippen MR) is 120 cm³/mol. The fourth-order valence-corrected chi connectivity index (χ4v) is 5.42. The number of hydrogen-bond donors (Lipinski definition) is 0. The Balaban J connectivity index is 1.79. The lowest BCUT2D eigenvalue weighted by Gasteiger charge is -2.40. The van der Waals surface area contributed by atoms with Crippen LogP contribution in [0, 0.1) is 22.7 Å². The second-order valence-electron chi connectivity index (χ2n) is 10.9. The van der Waals surface area contributed by atoms with Gasteiger partial charge in [-0.1, -0.05) is 58.0 Å². The average Bonchev–Trinajstić information content (AvgIpc) is 3.14. The largest absolute Gasteiger partial charge is 0.461 e. The SMILES string of the molecule is CC1(C)CC(=O)C(C(c2ccc(-c3ccccc3)o2)C2C(=O)CC(C)(C)CC2=O)C(=O)C1. The van der Waals surface area contributed by atoms with E-state index < -0.39 is 28.6 Å². The predicted octanol–water partition coefficient (Wildman–Crippen LogP) is 5.18. The van der Waals surface area contributed by atoms with Gasteiger partial charge in [0.2, 0.25) is 0 Å². The first-order chi connectivity index (χ1) is 15.0. The lowest BCUT2D eigenvalue weighted by molar-refractivity contribution is -0.146. The van der Waals surface area contributed by atoms with E-state index in [-0.39, 0.29) is 48.8 Å². The minimum Gasteiger partial charge on any atom is -0.461 e. The van der Waals surface area contributed by atoms with E-state index in [0.29, 0.717) is 11.5 Å². The molecule has 0 bridgehead atoms. The van der Waals surface area contributed by atoms with Crippen LogP contribution in [0.3, 0.4) is 0 Å². The zero-order valence-corrected chi connectivity index (χ0v) is 19.1. The summed E-state index contributed by atoms with van der Waals surface area (Å²) in [4.78, 5) is 52.8. The van der Waals surface area contributed by atoms with Crippen molar-refractivity contribution in [2.45, 2.75) is 59.3 Å². The van der Waals surface area contributed by atoms with Crippen molar-refractivity contribution in [1.29, 1.82) is 0 Å². The van der Waals surface area contributed by atoms with Crippen LogP contribution in [0.4, 0.5) is 0 Å². The van der Waals surface area contributed by atoms with Crippen LogP contribution >= 0.6 is 0 Å². The molecule has 5 heteroatoms. The van der Waals surface area contributed by atoms with E-state index in [1.807, 2.05) is 58.0 Å². The molecule has 1 heterocycles. The first kappa shape index (κ1) is 22.4. The molecule has 0 amide bonds. The van der Waals surface area contributed by atoms with Crippen LogP contribution in [0.2, 0.25) is 0 Å². The molecule has 2 aromatic rings. The maximum atomic E-state index is 13.2. The summed E-state index contributed by atoms with van der Waals surface area (Å²) in [6, 6.07) is 13.0. The highest BCUT2D eigenvalue weighted by atomic mass is 16.3. The Hall–Kier alpha value is -2.82. The van der Waals surface area contributed by atoms with Crippen molar-refractivity contribution in [3.8, 4) is 11.3 Å². The van der Waals surface area contributed by atoms with Crippen molar-refractivity contribution in [1.82, 2.24) is 0 Å². The maximum Gasteiger partial charge on any atom is 0.144 e. The highest BCUT2D eigenvalue weighted by molar-refractivity contribution is 6.10. The van der Waals surface area contributed by atoms with Crippen molar-refractivity contribution in [2.75, 3.05) is 0 Å². The Kier molecular flexibility index (Phi) is 5.56.